The molecule has 0 aromatic heterocycles. The summed E-state index contributed by atoms with van der Waals surface area (Å²) in [4.78, 5) is 0. The van der Waals surface area contributed by atoms with E-state index < -0.39 is 0 Å². The first kappa shape index (κ1) is 17.5. The van der Waals surface area contributed by atoms with Crippen molar-refractivity contribution >= 4 is 0 Å². The van der Waals surface area contributed by atoms with Gasteiger partial charge in [-0.3, -0.25) is 0 Å². The van der Waals surface area contributed by atoms with E-state index >= 15 is 0 Å². The predicted octanol–water partition coefficient (Wildman–Crippen LogP) is 5.97. The Balaban J connectivity index is 0.000000753. The van der Waals surface area contributed by atoms with Gasteiger partial charge in [0.05, 0.1) is 6.10 Å². The number of aliphatic hydroxyl groups is 1. The number of fused-ring (bicyclic) bond motifs is 5. The Kier molecular flexibility index (Phi) is 5.26. The van der Waals surface area contributed by atoms with E-state index in [2.05, 4.69) is 19.9 Å². The van der Waals surface area contributed by atoms with E-state index in [4.69, 9.17) is 0 Å². The highest BCUT2D eigenvalue weighted by molar-refractivity contribution is 5.23. The molecule has 4 unspecified atom stereocenters. The first-order valence-electron chi connectivity index (χ1n) is 10.5. The lowest BCUT2D eigenvalue weighted by atomic mass is 9.50. The summed E-state index contributed by atoms with van der Waals surface area (Å²) in [7, 11) is 0. The van der Waals surface area contributed by atoms with Crippen molar-refractivity contribution in [3.05, 3.63) is 11.6 Å². The van der Waals surface area contributed by atoms with E-state index in [-0.39, 0.29) is 6.10 Å². The molecule has 4 saturated carbocycles. The average molecular weight is 319 g/mol. The zero-order valence-electron chi connectivity index (χ0n) is 15.9. The predicted molar refractivity (Wildman–Crippen MR) is 98.2 cm³/mol. The second kappa shape index (κ2) is 6.90. The van der Waals surface area contributed by atoms with Gasteiger partial charge in [0.15, 0.2) is 0 Å². The van der Waals surface area contributed by atoms with Crippen molar-refractivity contribution in [2.24, 2.45) is 35.0 Å². The SMILES string of the molecule is C/C=C1\CCC2[C@@H]3CCC4C[C@@H](O)CCC4C3CC[C@]12C.CC. The molecule has 7 atom stereocenters. The van der Waals surface area contributed by atoms with Gasteiger partial charge in [-0.2, -0.15) is 0 Å². The lowest BCUT2D eigenvalue weighted by molar-refractivity contribution is -0.0610. The number of allylic oxidation sites excluding steroid dienone is 2. The van der Waals surface area contributed by atoms with Gasteiger partial charge in [0.2, 0.25) is 0 Å². The second-order valence-electron chi connectivity index (χ2n) is 8.71. The van der Waals surface area contributed by atoms with Crippen molar-refractivity contribution in [2.45, 2.75) is 91.6 Å². The quantitative estimate of drug-likeness (QED) is 0.545. The van der Waals surface area contributed by atoms with Crippen LogP contribution in [0.3, 0.4) is 0 Å². The van der Waals surface area contributed by atoms with Gasteiger partial charge in [0.25, 0.3) is 0 Å². The third kappa shape index (κ3) is 2.81. The molecule has 0 amide bonds. The van der Waals surface area contributed by atoms with Crippen LogP contribution in [0.15, 0.2) is 11.6 Å². The van der Waals surface area contributed by atoms with Gasteiger partial charge < -0.3 is 5.11 Å². The van der Waals surface area contributed by atoms with Gasteiger partial charge >= 0.3 is 0 Å². The molecule has 0 saturated heterocycles. The number of hydrogen-bond donors (Lipinski definition) is 1. The average Bonchev–Trinajstić information content (AvgIpc) is 2.92. The summed E-state index contributed by atoms with van der Waals surface area (Å²) >= 11 is 0. The molecule has 23 heavy (non-hydrogen) atoms. The maximum Gasteiger partial charge on any atom is 0.0543 e. The molecule has 4 aliphatic rings. The fraction of sp³-hybridized carbons (Fsp3) is 0.909. The van der Waals surface area contributed by atoms with Crippen LogP contribution in [0.5, 0.6) is 0 Å². The van der Waals surface area contributed by atoms with Gasteiger partial charge in [-0.25, -0.2) is 0 Å². The Hall–Kier alpha value is -0.300. The van der Waals surface area contributed by atoms with Crippen LogP contribution in [0.4, 0.5) is 0 Å². The summed E-state index contributed by atoms with van der Waals surface area (Å²) in [5.74, 6) is 4.76. The van der Waals surface area contributed by atoms with Crippen LogP contribution in [-0.4, -0.2) is 11.2 Å². The molecule has 4 aliphatic carbocycles. The third-order valence-corrected chi connectivity index (χ3v) is 8.12. The first-order valence-corrected chi connectivity index (χ1v) is 10.5. The fourth-order valence-electron chi connectivity index (χ4n) is 7.15. The smallest absolute Gasteiger partial charge is 0.0543 e. The van der Waals surface area contributed by atoms with E-state index in [0.29, 0.717) is 5.41 Å². The van der Waals surface area contributed by atoms with Gasteiger partial charge in [-0.1, -0.05) is 32.4 Å². The highest BCUT2D eigenvalue weighted by Crippen LogP contribution is 2.63. The summed E-state index contributed by atoms with van der Waals surface area (Å²) in [6.07, 6.45) is 14.5. The summed E-state index contributed by atoms with van der Waals surface area (Å²) in [6.45, 7) is 8.83. The molecule has 4 rings (SSSR count). The molecule has 0 spiro atoms. The summed E-state index contributed by atoms with van der Waals surface area (Å²) in [5.41, 5.74) is 2.31. The lowest BCUT2D eigenvalue weighted by Crippen LogP contribution is -2.48. The maximum atomic E-state index is 9.99. The Morgan fingerprint density at radius 3 is 2.43 bits per heavy atom. The number of aliphatic hydroxyl groups excluding tert-OH is 1. The minimum absolute atomic E-state index is 0.0118. The van der Waals surface area contributed by atoms with Crippen molar-refractivity contribution in [3.8, 4) is 0 Å². The zero-order valence-corrected chi connectivity index (χ0v) is 15.9. The Labute approximate surface area is 143 Å². The third-order valence-electron chi connectivity index (χ3n) is 8.12. The van der Waals surface area contributed by atoms with Crippen LogP contribution < -0.4 is 0 Å². The fourth-order valence-corrected chi connectivity index (χ4v) is 7.15. The lowest BCUT2D eigenvalue weighted by Gasteiger charge is -2.55. The van der Waals surface area contributed by atoms with Gasteiger partial charge in [0.1, 0.15) is 0 Å². The molecule has 4 fully saturated rings. The Morgan fingerprint density at radius 2 is 1.70 bits per heavy atom. The van der Waals surface area contributed by atoms with Crippen molar-refractivity contribution in [1.82, 2.24) is 0 Å². The minimum Gasteiger partial charge on any atom is -0.393 e. The summed E-state index contributed by atoms with van der Waals surface area (Å²) in [5, 5.41) is 9.99. The van der Waals surface area contributed by atoms with Crippen molar-refractivity contribution in [3.63, 3.8) is 0 Å². The summed E-state index contributed by atoms with van der Waals surface area (Å²) < 4.78 is 0. The Morgan fingerprint density at radius 1 is 0.957 bits per heavy atom. The van der Waals surface area contributed by atoms with Crippen molar-refractivity contribution in [1.29, 1.82) is 0 Å². The first-order chi connectivity index (χ1) is 11.1. The van der Waals surface area contributed by atoms with Crippen LogP contribution >= 0.6 is 0 Å². The molecule has 132 valence electrons. The van der Waals surface area contributed by atoms with Crippen LogP contribution in [0, 0.1) is 35.0 Å². The number of rotatable bonds is 0. The standard InChI is InChI=1S/C20H32O.C2H6/c1-3-14-5-9-19-18-7-4-13-12-15(21)6-8-16(13)17(18)10-11-20(14,19)2;1-2/h3,13,15-19,21H,4-12H2,1-2H3;1-2H3/b14-3+;/t13?,15-,16?,17?,18+,19?,20+;/m0./s1. The Bertz CT molecular complexity index is 439. The van der Waals surface area contributed by atoms with Gasteiger partial charge in [-0.15, -0.1) is 0 Å². The van der Waals surface area contributed by atoms with Crippen LogP contribution in [0.25, 0.3) is 0 Å². The zero-order chi connectivity index (χ0) is 16.6. The number of hydrogen-bond acceptors (Lipinski definition) is 1. The molecule has 0 heterocycles. The monoisotopic (exact) mass is 318 g/mol. The van der Waals surface area contributed by atoms with Crippen LogP contribution in [-0.2, 0) is 0 Å². The molecular weight excluding hydrogens is 280 g/mol. The van der Waals surface area contributed by atoms with Gasteiger partial charge in [0, 0.05) is 0 Å². The minimum atomic E-state index is 0.0118. The second-order valence-corrected chi connectivity index (χ2v) is 8.71. The molecule has 1 N–H and O–H groups in total. The molecule has 0 aromatic carbocycles. The van der Waals surface area contributed by atoms with Crippen LogP contribution in [0.2, 0.25) is 0 Å². The molecular formula is C22H38O. The topological polar surface area (TPSA) is 20.2 Å². The molecule has 1 nitrogen and oxygen atoms in total. The molecule has 0 bridgehead atoms. The van der Waals surface area contributed by atoms with Gasteiger partial charge in [-0.05, 0) is 99.7 Å². The molecule has 0 radical (unpaired) electrons. The molecule has 0 aliphatic heterocycles. The van der Waals surface area contributed by atoms with E-state index in [9.17, 15) is 5.11 Å². The van der Waals surface area contributed by atoms with E-state index in [1.165, 1.54) is 44.9 Å². The van der Waals surface area contributed by atoms with E-state index in [0.717, 1.165) is 42.4 Å². The van der Waals surface area contributed by atoms with Crippen LogP contribution in [0.1, 0.15) is 85.5 Å². The highest BCUT2D eigenvalue weighted by Gasteiger charge is 2.54. The summed E-state index contributed by atoms with van der Waals surface area (Å²) in [6, 6.07) is 0. The molecule has 1 heteroatoms. The largest absolute Gasteiger partial charge is 0.393 e. The van der Waals surface area contributed by atoms with Crippen molar-refractivity contribution < 1.29 is 5.11 Å². The molecule has 0 aromatic rings. The van der Waals surface area contributed by atoms with Crippen molar-refractivity contribution in [2.75, 3.05) is 0 Å². The normalized spacial score (nSPS) is 50.4. The maximum absolute atomic E-state index is 9.99. The highest BCUT2D eigenvalue weighted by atomic mass is 16.3. The van der Waals surface area contributed by atoms with E-state index in [1.54, 1.807) is 5.57 Å². The van der Waals surface area contributed by atoms with E-state index in [1.807, 2.05) is 13.8 Å².